The van der Waals surface area contributed by atoms with E-state index >= 15 is 0 Å². The predicted octanol–water partition coefficient (Wildman–Crippen LogP) is 0.835. The number of imidazole rings is 1. The number of likely N-dealkylation sites (N-methyl/N-ethyl adjacent to an activating group) is 1. The lowest BCUT2D eigenvalue weighted by Crippen LogP contribution is -2.43. The van der Waals surface area contributed by atoms with E-state index in [0.717, 1.165) is 5.56 Å². The van der Waals surface area contributed by atoms with Gasteiger partial charge in [0.05, 0.1) is 11.5 Å². The van der Waals surface area contributed by atoms with E-state index in [2.05, 4.69) is 4.98 Å². The molecule has 0 saturated carbocycles. The molecule has 1 atom stereocenters. The first-order valence-corrected chi connectivity index (χ1v) is 10.2. The zero-order valence-corrected chi connectivity index (χ0v) is 15.5. The SMILES string of the molecule is CCN(C(=O)COC(=O)c1cn2ccc(C)cc2n1)C1CCS(=O)(=O)C1. The van der Waals surface area contributed by atoms with E-state index in [1.165, 1.54) is 4.90 Å². The molecular formula is C17H21N3O5S. The van der Waals surface area contributed by atoms with Crippen LogP contribution in [0, 0.1) is 6.92 Å². The summed E-state index contributed by atoms with van der Waals surface area (Å²) in [5.74, 6) is -1.04. The molecule has 1 aliphatic rings. The third-order valence-electron chi connectivity index (χ3n) is 4.46. The van der Waals surface area contributed by atoms with E-state index in [0.29, 0.717) is 18.6 Å². The van der Waals surface area contributed by atoms with Gasteiger partial charge in [-0.3, -0.25) is 4.79 Å². The molecule has 140 valence electrons. The molecule has 0 aliphatic carbocycles. The summed E-state index contributed by atoms with van der Waals surface area (Å²) < 4.78 is 30.0. The number of rotatable bonds is 5. The van der Waals surface area contributed by atoms with E-state index < -0.39 is 28.3 Å². The number of esters is 1. The lowest BCUT2D eigenvalue weighted by atomic mass is 10.2. The number of hydrogen-bond donors (Lipinski definition) is 0. The van der Waals surface area contributed by atoms with Crippen LogP contribution in [-0.4, -0.2) is 65.3 Å². The molecule has 1 amide bonds. The number of amides is 1. The third-order valence-corrected chi connectivity index (χ3v) is 6.21. The first-order chi connectivity index (χ1) is 12.3. The van der Waals surface area contributed by atoms with Crippen LogP contribution < -0.4 is 0 Å². The molecule has 3 rings (SSSR count). The fraction of sp³-hybridized carbons (Fsp3) is 0.471. The van der Waals surface area contributed by atoms with Gasteiger partial charge in [-0.25, -0.2) is 18.2 Å². The fourth-order valence-electron chi connectivity index (χ4n) is 3.13. The monoisotopic (exact) mass is 379 g/mol. The summed E-state index contributed by atoms with van der Waals surface area (Å²) in [6.45, 7) is 3.63. The van der Waals surface area contributed by atoms with Crippen LogP contribution in [0.25, 0.3) is 5.65 Å². The normalized spacial score (nSPS) is 18.8. The Morgan fingerprint density at radius 2 is 2.19 bits per heavy atom. The van der Waals surface area contributed by atoms with Gasteiger partial charge in [0, 0.05) is 25.0 Å². The molecule has 3 heterocycles. The van der Waals surface area contributed by atoms with Crippen LogP contribution in [0.3, 0.4) is 0 Å². The second kappa shape index (κ2) is 7.06. The molecule has 1 aliphatic heterocycles. The maximum Gasteiger partial charge on any atom is 0.359 e. The lowest BCUT2D eigenvalue weighted by molar-refractivity contribution is -0.136. The van der Waals surface area contributed by atoms with Gasteiger partial charge in [0.25, 0.3) is 5.91 Å². The first kappa shape index (κ1) is 18.4. The topological polar surface area (TPSA) is 98.0 Å². The number of carbonyl (C=O) groups is 2. The van der Waals surface area contributed by atoms with Crippen molar-refractivity contribution in [3.8, 4) is 0 Å². The van der Waals surface area contributed by atoms with Gasteiger partial charge in [0.2, 0.25) is 0 Å². The zero-order chi connectivity index (χ0) is 18.9. The number of ether oxygens (including phenoxy) is 1. The van der Waals surface area contributed by atoms with E-state index in [1.807, 2.05) is 19.1 Å². The Morgan fingerprint density at radius 3 is 2.85 bits per heavy atom. The number of hydrogen-bond acceptors (Lipinski definition) is 6. The van der Waals surface area contributed by atoms with Crippen molar-refractivity contribution in [3.63, 3.8) is 0 Å². The Labute approximate surface area is 151 Å². The zero-order valence-electron chi connectivity index (χ0n) is 14.7. The van der Waals surface area contributed by atoms with Crippen molar-refractivity contribution >= 4 is 27.4 Å². The highest BCUT2D eigenvalue weighted by Crippen LogP contribution is 2.18. The van der Waals surface area contributed by atoms with Crippen molar-refractivity contribution in [1.29, 1.82) is 0 Å². The summed E-state index contributed by atoms with van der Waals surface area (Å²) in [6.07, 6.45) is 3.75. The molecule has 8 nitrogen and oxygen atoms in total. The highest BCUT2D eigenvalue weighted by atomic mass is 32.2. The van der Waals surface area contributed by atoms with Gasteiger partial charge < -0.3 is 14.0 Å². The largest absolute Gasteiger partial charge is 0.451 e. The highest BCUT2D eigenvalue weighted by Gasteiger charge is 2.34. The van der Waals surface area contributed by atoms with E-state index in [4.69, 9.17) is 4.74 Å². The Morgan fingerprint density at radius 1 is 1.42 bits per heavy atom. The molecule has 0 aromatic carbocycles. The summed E-state index contributed by atoms with van der Waals surface area (Å²) in [6, 6.07) is 3.37. The van der Waals surface area contributed by atoms with Crippen LogP contribution in [0.5, 0.6) is 0 Å². The first-order valence-electron chi connectivity index (χ1n) is 8.41. The molecule has 0 radical (unpaired) electrons. The molecule has 0 N–H and O–H groups in total. The summed E-state index contributed by atoms with van der Waals surface area (Å²) in [4.78, 5) is 30.2. The molecule has 1 unspecified atom stereocenters. The number of aromatic nitrogens is 2. The van der Waals surface area contributed by atoms with E-state index in [1.54, 1.807) is 23.7 Å². The van der Waals surface area contributed by atoms with Crippen LogP contribution in [0.15, 0.2) is 24.5 Å². The summed E-state index contributed by atoms with van der Waals surface area (Å²) >= 11 is 0. The average molecular weight is 379 g/mol. The number of pyridine rings is 1. The predicted molar refractivity (Wildman–Crippen MR) is 94.7 cm³/mol. The molecule has 0 spiro atoms. The van der Waals surface area contributed by atoms with Crippen molar-refractivity contribution in [1.82, 2.24) is 14.3 Å². The Balaban J connectivity index is 1.63. The molecule has 26 heavy (non-hydrogen) atoms. The van der Waals surface area contributed by atoms with E-state index in [9.17, 15) is 18.0 Å². The van der Waals surface area contributed by atoms with Crippen molar-refractivity contribution in [2.75, 3.05) is 24.7 Å². The Kier molecular flexibility index (Phi) is 4.99. The van der Waals surface area contributed by atoms with Crippen molar-refractivity contribution < 1.29 is 22.7 Å². The molecule has 2 aromatic heterocycles. The Bertz CT molecular complexity index is 950. The fourth-order valence-corrected chi connectivity index (χ4v) is 4.86. The minimum Gasteiger partial charge on any atom is -0.451 e. The standard InChI is InChI=1S/C17H21N3O5S/c1-3-20(13-5-7-26(23,24)11-13)16(21)10-25-17(22)14-9-19-6-4-12(2)8-15(19)18-14/h4,6,8-9,13H,3,5,7,10-11H2,1-2H3. The van der Waals surface area contributed by atoms with Crippen LogP contribution in [0.4, 0.5) is 0 Å². The second-order valence-corrected chi connectivity index (χ2v) is 8.64. The minimum absolute atomic E-state index is 0.0354. The molecule has 0 bridgehead atoms. The highest BCUT2D eigenvalue weighted by molar-refractivity contribution is 7.91. The van der Waals surface area contributed by atoms with Gasteiger partial charge in [0.15, 0.2) is 22.1 Å². The molecule has 2 aromatic rings. The van der Waals surface area contributed by atoms with Crippen LogP contribution in [0.2, 0.25) is 0 Å². The van der Waals surface area contributed by atoms with Crippen molar-refractivity contribution in [3.05, 3.63) is 35.8 Å². The smallest absolute Gasteiger partial charge is 0.359 e. The number of aryl methyl sites for hydroxylation is 1. The van der Waals surface area contributed by atoms with Crippen LogP contribution in [0.1, 0.15) is 29.4 Å². The van der Waals surface area contributed by atoms with Gasteiger partial charge in [-0.2, -0.15) is 0 Å². The number of carbonyl (C=O) groups excluding carboxylic acids is 2. The quantitative estimate of drug-likeness (QED) is 0.714. The molecule has 9 heteroatoms. The van der Waals surface area contributed by atoms with Gasteiger partial charge in [-0.1, -0.05) is 0 Å². The average Bonchev–Trinajstić information content (AvgIpc) is 3.16. The summed E-state index contributed by atoms with van der Waals surface area (Å²) in [5.41, 5.74) is 1.76. The van der Waals surface area contributed by atoms with Gasteiger partial charge in [-0.15, -0.1) is 0 Å². The van der Waals surface area contributed by atoms with Crippen molar-refractivity contribution in [2.24, 2.45) is 0 Å². The summed E-state index contributed by atoms with van der Waals surface area (Å²) in [7, 11) is -3.09. The minimum atomic E-state index is -3.09. The van der Waals surface area contributed by atoms with Crippen molar-refractivity contribution in [2.45, 2.75) is 26.3 Å². The second-order valence-electron chi connectivity index (χ2n) is 6.41. The number of nitrogens with zero attached hydrogens (tertiary/aromatic N) is 3. The maximum absolute atomic E-state index is 12.4. The van der Waals surface area contributed by atoms with Gasteiger partial charge in [0.1, 0.15) is 5.65 Å². The molecule has 1 fully saturated rings. The summed E-state index contributed by atoms with van der Waals surface area (Å²) in [5, 5.41) is 0. The maximum atomic E-state index is 12.4. The van der Waals surface area contributed by atoms with Crippen LogP contribution in [-0.2, 0) is 19.4 Å². The molecular weight excluding hydrogens is 358 g/mol. The third kappa shape index (κ3) is 3.87. The Hall–Kier alpha value is -2.42. The lowest BCUT2D eigenvalue weighted by Gasteiger charge is -2.26. The van der Waals surface area contributed by atoms with Gasteiger partial charge in [-0.05, 0) is 38.0 Å². The number of fused-ring (bicyclic) bond motifs is 1. The van der Waals surface area contributed by atoms with Gasteiger partial charge >= 0.3 is 5.97 Å². The van der Waals surface area contributed by atoms with Crippen LogP contribution >= 0.6 is 0 Å². The van der Waals surface area contributed by atoms with E-state index in [-0.39, 0.29) is 23.2 Å². The molecule has 1 saturated heterocycles. The number of sulfone groups is 1.